The fourth-order valence-electron chi connectivity index (χ4n) is 4.50. The molecular weight excluding hydrogens is 364 g/mol. The topological polar surface area (TPSA) is 58.6 Å². The molecule has 29 heavy (non-hydrogen) atoms. The molecule has 4 rings (SSSR count). The maximum Gasteiger partial charge on any atom is 0.224 e. The summed E-state index contributed by atoms with van der Waals surface area (Å²) in [7, 11) is 0. The number of carbonyl (C=O) groups is 2. The van der Waals surface area contributed by atoms with Crippen LogP contribution >= 0.6 is 0 Å². The molecule has 2 heterocycles. The van der Waals surface area contributed by atoms with Gasteiger partial charge in [0.1, 0.15) is 18.1 Å². The molecule has 5 heteroatoms. The van der Waals surface area contributed by atoms with Crippen LogP contribution in [-0.4, -0.2) is 42.8 Å². The number of Topliss-reactive ketones (excluding diaryl/α,β-unsaturated/α-hetero) is 1. The van der Waals surface area contributed by atoms with Gasteiger partial charge in [0.05, 0.1) is 5.41 Å². The van der Waals surface area contributed by atoms with Gasteiger partial charge in [-0.15, -0.1) is 0 Å². The van der Waals surface area contributed by atoms with Crippen molar-refractivity contribution in [3.8, 4) is 5.75 Å². The molecule has 2 aromatic rings. The Kier molecular flexibility index (Phi) is 5.67. The smallest absolute Gasteiger partial charge is 0.224 e. The molecule has 0 unspecified atom stereocenters. The van der Waals surface area contributed by atoms with E-state index >= 15 is 0 Å². The van der Waals surface area contributed by atoms with Crippen LogP contribution < -0.4 is 10.1 Å². The van der Waals surface area contributed by atoms with Crippen molar-refractivity contribution in [1.29, 1.82) is 0 Å². The summed E-state index contributed by atoms with van der Waals surface area (Å²) in [6, 6.07) is 16.1. The lowest BCUT2D eigenvalue weighted by molar-refractivity contribution is -0.124. The van der Waals surface area contributed by atoms with Crippen LogP contribution in [0.2, 0.25) is 0 Å². The van der Waals surface area contributed by atoms with Gasteiger partial charge in [0.15, 0.2) is 0 Å². The summed E-state index contributed by atoms with van der Waals surface area (Å²) in [5.41, 5.74) is 2.83. The second kappa shape index (κ2) is 8.37. The molecule has 0 bridgehead atoms. The molecule has 0 aromatic heterocycles. The molecule has 1 amide bonds. The van der Waals surface area contributed by atoms with E-state index in [0.29, 0.717) is 13.0 Å². The van der Waals surface area contributed by atoms with E-state index in [-0.39, 0.29) is 17.1 Å². The molecule has 1 fully saturated rings. The SMILES string of the molecule is CC(=O)C1(c2ccccc2)CCN(CCOc2ccc3c(c2)CCC(=O)N3)CC1. The number of anilines is 1. The van der Waals surface area contributed by atoms with Crippen LogP contribution in [0, 0.1) is 0 Å². The normalized spacial score (nSPS) is 18.6. The lowest BCUT2D eigenvalue weighted by atomic mass is 9.70. The average molecular weight is 392 g/mol. The molecular formula is C24H28N2O3. The highest BCUT2D eigenvalue weighted by Crippen LogP contribution is 2.36. The predicted molar refractivity (Wildman–Crippen MR) is 113 cm³/mol. The number of likely N-dealkylation sites (tertiary alicyclic amines) is 1. The predicted octanol–water partition coefficient (Wildman–Crippen LogP) is 3.57. The number of benzene rings is 2. The molecule has 2 aliphatic rings. The van der Waals surface area contributed by atoms with Crippen molar-refractivity contribution in [3.63, 3.8) is 0 Å². The molecule has 0 aliphatic carbocycles. The van der Waals surface area contributed by atoms with Crippen molar-refractivity contribution in [3.05, 3.63) is 59.7 Å². The van der Waals surface area contributed by atoms with Crippen LogP contribution in [0.4, 0.5) is 5.69 Å². The van der Waals surface area contributed by atoms with Gasteiger partial charge in [-0.3, -0.25) is 14.5 Å². The van der Waals surface area contributed by atoms with Crippen LogP contribution in [0.25, 0.3) is 0 Å². The number of nitrogens with one attached hydrogen (secondary N) is 1. The Balaban J connectivity index is 1.30. The van der Waals surface area contributed by atoms with Crippen LogP contribution in [0.5, 0.6) is 5.75 Å². The van der Waals surface area contributed by atoms with Gasteiger partial charge in [-0.05, 0) is 68.6 Å². The number of hydrogen-bond donors (Lipinski definition) is 1. The summed E-state index contributed by atoms with van der Waals surface area (Å²) >= 11 is 0. The highest BCUT2D eigenvalue weighted by Gasteiger charge is 2.40. The zero-order valence-corrected chi connectivity index (χ0v) is 16.9. The van der Waals surface area contributed by atoms with E-state index < -0.39 is 0 Å². The van der Waals surface area contributed by atoms with E-state index in [2.05, 4.69) is 22.3 Å². The zero-order chi connectivity index (χ0) is 20.3. The second-order valence-corrected chi connectivity index (χ2v) is 8.06. The minimum atomic E-state index is -0.346. The fraction of sp³-hybridized carbons (Fsp3) is 0.417. The molecule has 0 atom stereocenters. The summed E-state index contributed by atoms with van der Waals surface area (Å²) in [5.74, 6) is 1.19. The van der Waals surface area contributed by atoms with Gasteiger partial charge in [0.2, 0.25) is 5.91 Å². The highest BCUT2D eigenvalue weighted by atomic mass is 16.5. The number of ketones is 1. The lowest BCUT2D eigenvalue weighted by Gasteiger charge is -2.40. The van der Waals surface area contributed by atoms with Crippen LogP contribution in [0.1, 0.15) is 37.3 Å². The van der Waals surface area contributed by atoms with Crippen LogP contribution in [0.3, 0.4) is 0 Å². The van der Waals surface area contributed by atoms with Gasteiger partial charge >= 0.3 is 0 Å². The number of rotatable bonds is 6. The number of ether oxygens (including phenoxy) is 1. The van der Waals surface area contributed by atoms with Crippen molar-refractivity contribution >= 4 is 17.4 Å². The molecule has 152 valence electrons. The Bertz CT molecular complexity index is 886. The number of carbonyl (C=O) groups excluding carboxylic acids is 2. The Morgan fingerprint density at radius 2 is 1.86 bits per heavy atom. The first-order chi connectivity index (χ1) is 14.1. The van der Waals surface area contributed by atoms with E-state index in [1.165, 1.54) is 0 Å². The average Bonchev–Trinajstić information content (AvgIpc) is 2.75. The first-order valence-corrected chi connectivity index (χ1v) is 10.4. The number of aryl methyl sites for hydroxylation is 1. The molecule has 2 aliphatic heterocycles. The van der Waals surface area contributed by atoms with Crippen LogP contribution in [-0.2, 0) is 21.4 Å². The van der Waals surface area contributed by atoms with E-state index in [4.69, 9.17) is 4.74 Å². The molecule has 0 spiro atoms. The van der Waals surface area contributed by atoms with E-state index in [1.807, 2.05) is 36.4 Å². The van der Waals surface area contributed by atoms with E-state index in [9.17, 15) is 9.59 Å². The van der Waals surface area contributed by atoms with Crippen molar-refractivity contribution in [2.45, 2.75) is 38.0 Å². The summed E-state index contributed by atoms with van der Waals surface area (Å²) in [6.45, 7) is 4.98. The summed E-state index contributed by atoms with van der Waals surface area (Å²) in [6.07, 6.45) is 3.00. The first-order valence-electron chi connectivity index (χ1n) is 10.4. The molecule has 0 radical (unpaired) electrons. The third-order valence-corrected chi connectivity index (χ3v) is 6.36. The molecule has 1 saturated heterocycles. The van der Waals surface area contributed by atoms with Crippen molar-refractivity contribution in [1.82, 2.24) is 4.90 Å². The van der Waals surface area contributed by atoms with E-state index in [0.717, 1.165) is 61.5 Å². The Labute approximate surface area is 172 Å². The van der Waals surface area contributed by atoms with Gasteiger partial charge in [0, 0.05) is 18.7 Å². The zero-order valence-electron chi connectivity index (χ0n) is 16.9. The summed E-state index contributed by atoms with van der Waals surface area (Å²) in [5, 5.41) is 2.89. The number of nitrogens with zero attached hydrogens (tertiary/aromatic N) is 1. The van der Waals surface area contributed by atoms with Gasteiger partial charge in [0.25, 0.3) is 0 Å². The Hall–Kier alpha value is -2.66. The quantitative estimate of drug-likeness (QED) is 0.816. The minimum absolute atomic E-state index is 0.0772. The molecule has 5 nitrogen and oxygen atoms in total. The first kappa shape index (κ1) is 19.6. The number of fused-ring (bicyclic) bond motifs is 1. The third kappa shape index (κ3) is 4.20. The highest BCUT2D eigenvalue weighted by molar-refractivity contribution is 5.94. The van der Waals surface area contributed by atoms with Crippen molar-refractivity contribution in [2.24, 2.45) is 0 Å². The minimum Gasteiger partial charge on any atom is -0.492 e. The van der Waals surface area contributed by atoms with Crippen molar-refractivity contribution < 1.29 is 14.3 Å². The lowest BCUT2D eigenvalue weighted by Crippen LogP contribution is -2.47. The summed E-state index contributed by atoms with van der Waals surface area (Å²) < 4.78 is 5.96. The van der Waals surface area contributed by atoms with Gasteiger partial charge < -0.3 is 10.1 Å². The standard InChI is InChI=1S/C24H28N2O3/c1-18(27)24(20-5-3-2-4-6-20)11-13-26(14-12-24)15-16-29-21-8-9-22-19(17-21)7-10-23(28)25-22/h2-6,8-9,17H,7,10-16H2,1H3,(H,25,28). The van der Waals surface area contributed by atoms with Crippen LogP contribution in [0.15, 0.2) is 48.5 Å². The summed E-state index contributed by atoms with van der Waals surface area (Å²) in [4.78, 5) is 26.3. The van der Waals surface area contributed by atoms with Gasteiger partial charge in [-0.2, -0.15) is 0 Å². The van der Waals surface area contributed by atoms with Gasteiger partial charge in [-0.1, -0.05) is 30.3 Å². The molecule has 0 saturated carbocycles. The maximum atomic E-state index is 12.5. The molecule has 1 N–H and O–H groups in total. The largest absolute Gasteiger partial charge is 0.492 e. The molecule has 2 aromatic carbocycles. The number of amides is 1. The number of piperidine rings is 1. The monoisotopic (exact) mass is 392 g/mol. The van der Waals surface area contributed by atoms with E-state index in [1.54, 1.807) is 6.92 Å². The second-order valence-electron chi connectivity index (χ2n) is 8.06. The number of hydrogen-bond acceptors (Lipinski definition) is 4. The van der Waals surface area contributed by atoms with Gasteiger partial charge in [-0.25, -0.2) is 0 Å². The maximum absolute atomic E-state index is 12.5. The Morgan fingerprint density at radius 1 is 1.10 bits per heavy atom. The fourth-order valence-corrected chi connectivity index (χ4v) is 4.50. The van der Waals surface area contributed by atoms with Crippen molar-refractivity contribution in [2.75, 3.05) is 31.6 Å². The third-order valence-electron chi connectivity index (χ3n) is 6.36. The Morgan fingerprint density at radius 3 is 2.59 bits per heavy atom.